The van der Waals surface area contributed by atoms with Crippen molar-refractivity contribution in [3.63, 3.8) is 0 Å². The maximum Gasteiger partial charge on any atom is -0.00210 e. The summed E-state index contributed by atoms with van der Waals surface area (Å²) in [5.41, 5.74) is 0. The van der Waals surface area contributed by atoms with E-state index in [-0.39, 0.29) is 0 Å². The molecule has 0 aromatic carbocycles. The molecule has 0 spiro atoms. The highest BCUT2D eigenvalue weighted by atomic mass is 14.8. The van der Waals surface area contributed by atoms with Crippen LogP contribution in [0.3, 0.4) is 0 Å². The summed E-state index contributed by atoms with van der Waals surface area (Å²) in [6.07, 6.45) is 2.90. The van der Waals surface area contributed by atoms with Crippen molar-refractivity contribution in [1.29, 1.82) is 0 Å². The molecule has 0 aliphatic heterocycles. The number of hydrogen-bond acceptors (Lipinski definition) is 1. The summed E-state index contributed by atoms with van der Waals surface area (Å²) in [5, 5.41) is 3.20. The van der Waals surface area contributed by atoms with Crippen LogP contribution in [0.25, 0.3) is 0 Å². The third-order valence-electron chi connectivity index (χ3n) is 2.26. The molecule has 2 atom stereocenters. The van der Waals surface area contributed by atoms with Crippen LogP contribution >= 0.6 is 0 Å². The zero-order valence-electron chi connectivity index (χ0n) is 5.78. The van der Waals surface area contributed by atoms with Gasteiger partial charge in [0.2, 0.25) is 0 Å². The Bertz CT molecular complexity index is 70.8. The molecule has 1 aliphatic rings. The maximum absolute atomic E-state index is 3.20. The third kappa shape index (κ3) is 1.03. The average molecular weight is 113 g/mol. The van der Waals surface area contributed by atoms with Crippen LogP contribution in [-0.2, 0) is 0 Å². The minimum absolute atomic E-state index is 0.986. The van der Waals surface area contributed by atoms with E-state index in [2.05, 4.69) is 12.2 Å². The number of nitrogens with one attached hydrogen (secondary N) is 1. The maximum atomic E-state index is 3.20. The summed E-state index contributed by atoms with van der Waals surface area (Å²) in [6.45, 7) is 3.56. The van der Waals surface area contributed by atoms with Gasteiger partial charge >= 0.3 is 0 Å². The van der Waals surface area contributed by atoms with Gasteiger partial charge in [-0.3, -0.25) is 0 Å². The van der Waals surface area contributed by atoms with Gasteiger partial charge in [-0.2, -0.15) is 0 Å². The predicted molar refractivity (Wildman–Crippen MR) is 35.8 cm³/mol. The van der Waals surface area contributed by atoms with Crippen molar-refractivity contribution >= 4 is 0 Å². The molecule has 1 N–H and O–H groups in total. The Labute approximate surface area is 51.5 Å². The van der Waals surface area contributed by atoms with Gasteiger partial charge in [0.25, 0.3) is 0 Å². The first-order valence-corrected chi connectivity index (χ1v) is 3.49. The van der Waals surface area contributed by atoms with Crippen molar-refractivity contribution in [2.45, 2.75) is 19.8 Å². The standard InChI is InChI=1S/C7H15N/c1-6-3-4-7(6)5-8-2/h6-8H,3-5H2,1-2H3/t6-,7-/m0/s1. The van der Waals surface area contributed by atoms with Gasteiger partial charge in [-0.25, -0.2) is 0 Å². The second kappa shape index (κ2) is 2.49. The van der Waals surface area contributed by atoms with Gasteiger partial charge in [0.1, 0.15) is 0 Å². The fourth-order valence-corrected chi connectivity index (χ4v) is 1.30. The van der Waals surface area contributed by atoms with Crippen LogP contribution in [0.15, 0.2) is 0 Å². The molecule has 1 heteroatoms. The van der Waals surface area contributed by atoms with Crippen molar-refractivity contribution in [2.75, 3.05) is 13.6 Å². The summed E-state index contributed by atoms with van der Waals surface area (Å²) in [7, 11) is 2.03. The Hall–Kier alpha value is -0.0400. The quantitative estimate of drug-likeness (QED) is 0.568. The van der Waals surface area contributed by atoms with Gasteiger partial charge in [0, 0.05) is 0 Å². The molecule has 1 rings (SSSR count). The Morgan fingerprint density at radius 2 is 2.25 bits per heavy atom. The molecule has 0 radical (unpaired) electrons. The fraction of sp³-hybridized carbons (Fsp3) is 1.00. The molecule has 0 unspecified atom stereocenters. The summed E-state index contributed by atoms with van der Waals surface area (Å²) in [6, 6.07) is 0. The van der Waals surface area contributed by atoms with Crippen molar-refractivity contribution in [2.24, 2.45) is 11.8 Å². The van der Waals surface area contributed by atoms with E-state index in [1.54, 1.807) is 0 Å². The second-order valence-electron chi connectivity index (χ2n) is 2.87. The van der Waals surface area contributed by atoms with E-state index in [9.17, 15) is 0 Å². The molecule has 1 nitrogen and oxygen atoms in total. The van der Waals surface area contributed by atoms with Crippen LogP contribution in [0.4, 0.5) is 0 Å². The van der Waals surface area contributed by atoms with E-state index < -0.39 is 0 Å². The monoisotopic (exact) mass is 113 g/mol. The Morgan fingerprint density at radius 3 is 2.38 bits per heavy atom. The lowest BCUT2D eigenvalue weighted by Crippen LogP contribution is -2.31. The first-order chi connectivity index (χ1) is 3.84. The Morgan fingerprint density at radius 1 is 1.50 bits per heavy atom. The smallest absolute Gasteiger partial charge is 0.00210 e. The fourth-order valence-electron chi connectivity index (χ4n) is 1.30. The minimum atomic E-state index is 0.986. The van der Waals surface area contributed by atoms with E-state index >= 15 is 0 Å². The molecular weight excluding hydrogens is 98.1 g/mol. The van der Waals surface area contributed by atoms with Crippen LogP contribution < -0.4 is 5.32 Å². The van der Waals surface area contributed by atoms with Crippen molar-refractivity contribution in [1.82, 2.24) is 5.32 Å². The number of rotatable bonds is 2. The van der Waals surface area contributed by atoms with Gasteiger partial charge in [-0.1, -0.05) is 13.3 Å². The van der Waals surface area contributed by atoms with Crippen LogP contribution in [0.5, 0.6) is 0 Å². The first kappa shape index (κ1) is 6.09. The van der Waals surface area contributed by atoms with Crippen LogP contribution in [0, 0.1) is 11.8 Å². The van der Waals surface area contributed by atoms with E-state index in [1.807, 2.05) is 7.05 Å². The SMILES string of the molecule is CNC[C@@H]1CC[C@@H]1C. The molecule has 0 aromatic heterocycles. The summed E-state index contributed by atoms with van der Waals surface area (Å²) < 4.78 is 0. The summed E-state index contributed by atoms with van der Waals surface area (Å²) >= 11 is 0. The highest BCUT2D eigenvalue weighted by molar-refractivity contribution is 4.77. The van der Waals surface area contributed by atoms with Gasteiger partial charge in [0.15, 0.2) is 0 Å². The van der Waals surface area contributed by atoms with Gasteiger partial charge < -0.3 is 5.32 Å². The second-order valence-corrected chi connectivity index (χ2v) is 2.87. The molecule has 0 bridgehead atoms. The van der Waals surface area contributed by atoms with Crippen LogP contribution in [0.2, 0.25) is 0 Å². The van der Waals surface area contributed by atoms with E-state index in [0.29, 0.717) is 0 Å². The van der Waals surface area contributed by atoms with Gasteiger partial charge in [-0.05, 0) is 31.8 Å². The van der Waals surface area contributed by atoms with E-state index in [4.69, 9.17) is 0 Å². The van der Waals surface area contributed by atoms with Crippen molar-refractivity contribution < 1.29 is 0 Å². The number of hydrogen-bond donors (Lipinski definition) is 1. The van der Waals surface area contributed by atoms with Crippen molar-refractivity contribution in [3.05, 3.63) is 0 Å². The molecule has 0 amide bonds. The largest absolute Gasteiger partial charge is 0.319 e. The van der Waals surface area contributed by atoms with Crippen LogP contribution in [-0.4, -0.2) is 13.6 Å². The molecule has 48 valence electrons. The normalized spacial score (nSPS) is 36.8. The summed E-state index contributed by atoms with van der Waals surface area (Å²) in [5.74, 6) is 1.97. The summed E-state index contributed by atoms with van der Waals surface area (Å²) in [4.78, 5) is 0. The van der Waals surface area contributed by atoms with Gasteiger partial charge in [-0.15, -0.1) is 0 Å². The highest BCUT2D eigenvalue weighted by Gasteiger charge is 2.25. The lowest BCUT2D eigenvalue weighted by atomic mass is 9.75. The van der Waals surface area contributed by atoms with E-state index in [1.165, 1.54) is 19.4 Å². The predicted octanol–water partition coefficient (Wildman–Crippen LogP) is 1.25. The first-order valence-electron chi connectivity index (χ1n) is 3.49. The van der Waals surface area contributed by atoms with E-state index in [0.717, 1.165) is 11.8 Å². The molecule has 1 fully saturated rings. The molecule has 0 heterocycles. The zero-order valence-corrected chi connectivity index (χ0v) is 5.78. The third-order valence-corrected chi connectivity index (χ3v) is 2.26. The lowest BCUT2D eigenvalue weighted by Gasteiger charge is -2.33. The minimum Gasteiger partial charge on any atom is -0.319 e. The average Bonchev–Trinajstić information content (AvgIpc) is 1.79. The molecule has 0 aromatic rings. The van der Waals surface area contributed by atoms with Crippen LogP contribution in [0.1, 0.15) is 19.8 Å². The molecule has 0 saturated heterocycles. The lowest BCUT2D eigenvalue weighted by molar-refractivity contribution is 0.195. The van der Waals surface area contributed by atoms with Gasteiger partial charge in [0.05, 0.1) is 0 Å². The molecule has 1 saturated carbocycles. The Balaban J connectivity index is 2.08. The zero-order chi connectivity index (χ0) is 5.98. The molecular formula is C7H15N. The highest BCUT2D eigenvalue weighted by Crippen LogP contribution is 2.32. The molecule has 1 aliphatic carbocycles. The topological polar surface area (TPSA) is 12.0 Å². The molecule has 8 heavy (non-hydrogen) atoms. The Kier molecular flexibility index (Phi) is 1.90. The van der Waals surface area contributed by atoms with Crippen molar-refractivity contribution in [3.8, 4) is 0 Å².